The average Bonchev–Trinajstić information content (AvgIpc) is 3.01. The van der Waals surface area contributed by atoms with E-state index in [1.807, 2.05) is 53.2 Å². The van der Waals surface area contributed by atoms with Gasteiger partial charge in [-0.25, -0.2) is 14.6 Å². The minimum Gasteiger partial charge on any atom is -0.271 e. The molecule has 2 aromatic carbocycles. The first-order valence-corrected chi connectivity index (χ1v) is 8.82. The van der Waals surface area contributed by atoms with E-state index in [0.29, 0.717) is 5.82 Å². The van der Waals surface area contributed by atoms with Gasteiger partial charge in [-0.3, -0.25) is 5.43 Å². The fourth-order valence-electron chi connectivity index (χ4n) is 2.57. The van der Waals surface area contributed by atoms with Gasteiger partial charge in [0.1, 0.15) is 5.03 Å². The standard InChI is InChI=1S/C16H9BrN6S/c17-10-6-2-1-5-9(10)14-20-21-16-23(14)22-13-15(24-16)19-12-8-4-3-7-11(12)18-13/h1-8H,(H,18,22). The molecule has 0 fully saturated rings. The van der Waals surface area contributed by atoms with Gasteiger partial charge >= 0.3 is 0 Å². The van der Waals surface area contributed by atoms with Crippen LogP contribution in [0.15, 0.2) is 63.2 Å². The number of fused-ring (bicyclic) bond motifs is 3. The minimum absolute atomic E-state index is 0.708. The molecule has 0 saturated carbocycles. The Balaban J connectivity index is 1.65. The lowest BCUT2D eigenvalue weighted by Gasteiger charge is -2.19. The molecule has 0 bridgehead atoms. The molecular formula is C16H9BrN6S. The van der Waals surface area contributed by atoms with E-state index in [-0.39, 0.29) is 0 Å². The van der Waals surface area contributed by atoms with Crippen LogP contribution in [0.4, 0.5) is 5.82 Å². The quantitative estimate of drug-likeness (QED) is 0.461. The number of benzene rings is 2. The molecule has 1 N–H and O–H groups in total. The molecule has 1 aliphatic heterocycles. The Kier molecular flexibility index (Phi) is 3.07. The second-order valence-corrected chi connectivity index (χ2v) is 7.01. The van der Waals surface area contributed by atoms with E-state index in [2.05, 4.69) is 41.5 Å². The van der Waals surface area contributed by atoms with Gasteiger partial charge in [-0.15, -0.1) is 10.2 Å². The zero-order valence-corrected chi connectivity index (χ0v) is 14.5. The number of para-hydroxylation sites is 2. The number of nitrogens with one attached hydrogen (secondary N) is 1. The lowest BCUT2D eigenvalue weighted by molar-refractivity contribution is 0.792. The number of hydrogen-bond acceptors (Lipinski definition) is 6. The molecule has 0 amide bonds. The predicted octanol–water partition coefficient (Wildman–Crippen LogP) is 3.99. The van der Waals surface area contributed by atoms with Crippen molar-refractivity contribution < 1.29 is 0 Å². The molecule has 4 aromatic rings. The van der Waals surface area contributed by atoms with Gasteiger partial charge < -0.3 is 0 Å². The van der Waals surface area contributed by atoms with Gasteiger partial charge in [0.15, 0.2) is 11.6 Å². The molecule has 0 aliphatic carbocycles. The number of aromatic nitrogens is 5. The Morgan fingerprint density at radius 3 is 2.50 bits per heavy atom. The number of halogens is 1. The van der Waals surface area contributed by atoms with Gasteiger partial charge in [0.25, 0.3) is 0 Å². The maximum Gasteiger partial charge on any atom is 0.217 e. The third-order valence-electron chi connectivity index (χ3n) is 3.69. The summed E-state index contributed by atoms with van der Waals surface area (Å²) in [5.74, 6) is 1.44. The molecular weight excluding hydrogens is 388 g/mol. The molecule has 0 unspecified atom stereocenters. The third-order valence-corrected chi connectivity index (χ3v) is 5.31. The van der Waals surface area contributed by atoms with E-state index >= 15 is 0 Å². The fourth-order valence-corrected chi connectivity index (χ4v) is 3.85. The van der Waals surface area contributed by atoms with Crippen LogP contribution in [0.25, 0.3) is 22.4 Å². The Hall–Kier alpha value is -2.45. The largest absolute Gasteiger partial charge is 0.271 e. The molecule has 6 nitrogen and oxygen atoms in total. The van der Waals surface area contributed by atoms with Crippen LogP contribution >= 0.6 is 27.7 Å². The van der Waals surface area contributed by atoms with Crippen molar-refractivity contribution in [2.24, 2.45) is 0 Å². The van der Waals surface area contributed by atoms with Crippen molar-refractivity contribution in [1.29, 1.82) is 0 Å². The fraction of sp³-hybridized carbons (Fsp3) is 0. The molecule has 8 heteroatoms. The number of nitrogens with zero attached hydrogens (tertiary/aromatic N) is 5. The summed E-state index contributed by atoms with van der Waals surface area (Å²) < 4.78 is 2.80. The first-order chi connectivity index (χ1) is 11.8. The van der Waals surface area contributed by atoms with Crippen LogP contribution < -0.4 is 5.43 Å². The summed E-state index contributed by atoms with van der Waals surface area (Å²) in [5, 5.41) is 10.1. The maximum atomic E-state index is 4.67. The zero-order valence-electron chi connectivity index (χ0n) is 12.1. The van der Waals surface area contributed by atoms with Crippen LogP contribution in [-0.4, -0.2) is 24.8 Å². The number of hydrogen-bond donors (Lipinski definition) is 1. The molecule has 0 atom stereocenters. The summed E-state index contributed by atoms with van der Waals surface area (Å²) in [4.78, 5) is 9.33. The normalized spacial score (nSPS) is 12.5. The Morgan fingerprint density at radius 1 is 0.917 bits per heavy atom. The van der Waals surface area contributed by atoms with Crippen LogP contribution in [0.1, 0.15) is 0 Å². The predicted molar refractivity (Wildman–Crippen MR) is 95.8 cm³/mol. The third kappa shape index (κ3) is 2.10. The van der Waals surface area contributed by atoms with E-state index in [4.69, 9.17) is 0 Å². The maximum absolute atomic E-state index is 4.67. The van der Waals surface area contributed by atoms with Crippen molar-refractivity contribution in [3.63, 3.8) is 0 Å². The highest BCUT2D eigenvalue weighted by atomic mass is 79.9. The summed E-state index contributed by atoms with van der Waals surface area (Å²) >= 11 is 5.02. The zero-order chi connectivity index (χ0) is 16.1. The van der Waals surface area contributed by atoms with Crippen molar-refractivity contribution in [2.45, 2.75) is 10.2 Å². The molecule has 3 heterocycles. The van der Waals surface area contributed by atoms with Gasteiger partial charge in [-0.2, -0.15) is 0 Å². The molecule has 116 valence electrons. The van der Waals surface area contributed by atoms with Gasteiger partial charge in [-0.05, 0) is 36.0 Å². The molecule has 5 rings (SSSR count). The molecule has 0 spiro atoms. The van der Waals surface area contributed by atoms with Crippen molar-refractivity contribution in [3.05, 3.63) is 53.0 Å². The molecule has 24 heavy (non-hydrogen) atoms. The van der Waals surface area contributed by atoms with Crippen molar-refractivity contribution >= 4 is 44.5 Å². The highest BCUT2D eigenvalue weighted by molar-refractivity contribution is 9.10. The highest BCUT2D eigenvalue weighted by Gasteiger charge is 2.25. The second kappa shape index (κ2) is 5.29. The SMILES string of the molecule is Brc1ccccc1-c1nnc2n1Nc1nc3ccccc3nc1S2. The van der Waals surface area contributed by atoms with E-state index in [0.717, 1.165) is 37.1 Å². The van der Waals surface area contributed by atoms with Crippen LogP contribution in [0.3, 0.4) is 0 Å². The smallest absolute Gasteiger partial charge is 0.217 e. The molecule has 1 aliphatic rings. The Morgan fingerprint density at radius 2 is 1.67 bits per heavy atom. The molecule has 0 saturated heterocycles. The summed E-state index contributed by atoms with van der Waals surface area (Å²) in [6.45, 7) is 0. The van der Waals surface area contributed by atoms with Crippen molar-refractivity contribution in [3.8, 4) is 11.4 Å². The lowest BCUT2D eigenvalue weighted by atomic mass is 10.2. The lowest BCUT2D eigenvalue weighted by Crippen LogP contribution is -2.18. The van der Waals surface area contributed by atoms with Crippen LogP contribution in [0.2, 0.25) is 0 Å². The monoisotopic (exact) mass is 396 g/mol. The van der Waals surface area contributed by atoms with E-state index in [1.165, 1.54) is 11.8 Å². The number of anilines is 1. The Bertz CT molecular complexity index is 1090. The van der Waals surface area contributed by atoms with Crippen LogP contribution in [-0.2, 0) is 0 Å². The Labute approximate surface area is 149 Å². The van der Waals surface area contributed by atoms with Crippen LogP contribution in [0, 0.1) is 0 Å². The second-order valence-electron chi connectivity index (χ2n) is 5.20. The average molecular weight is 397 g/mol. The first kappa shape index (κ1) is 13.9. The van der Waals surface area contributed by atoms with Crippen molar-refractivity contribution in [1.82, 2.24) is 24.8 Å². The van der Waals surface area contributed by atoms with E-state index < -0.39 is 0 Å². The van der Waals surface area contributed by atoms with Crippen LogP contribution in [0.5, 0.6) is 0 Å². The highest BCUT2D eigenvalue weighted by Crippen LogP contribution is 2.38. The molecule has 2 aromatic heterocycles. The van der Waals surface area contributed by atoms with Crippen molar-refractivity contribution in [2.75, 3.05) is 5.43 Å². The van der Waals surface area contributed by atoms with Gasteiger partial charge in [0.2, 0.25) is 5.16 Å². The summed E-state index contributed by atoms with van der Waals surface area (Å²) in [7, 11) is 0. The van der Waals surface area contributed by atoms with Gasteiger partial charge in [-0.1, -0.05) is 40.2 Å². The minimum atomic E-state index is 0.708. The first-order valence-electron chi connectivity index (χ1n) is 7.21. The summed E-state index contributed by atoms with van der Waals surface area (Å²) in [6.07, 6.45) is 0. The number of rotatable bonds is 1. The van der Waals surface area contributed by atoms with Gasteiger partial charge in [0, 0.05) is 10.0 Å². The molecule has 0 radical (unpaired) electrons. The van der Waals surface area contributed by atoms with E-state index in [1.54, 1.807) is 0 Å². The summed E-state index contributed by atoms with van der Waals surface area (Å²) in [6, 6.07) is 15.7. The van der Waals surface area contributed by atoms with E-state index in [9.17, 15) is 0 Å². The summed E-state index contributed by atoms with van der Waals surface area (Å²) in [5.41, 5.74) is 5.96. The topological polar surface area (TPSA) is 68.5 Å². The van der Waals surface area contributed by atoms with Gasteiger partial charge in [0.05, 0.1) is 11.0 Å².